The summed E-state index contributed by atoms with van der Waals surface area (Å²) in [5.41, 5.74) is 3.38. The van der Waals surface area contributed by atoms with Crippen LogP contribution >= 0.6 is 0 Å². The van der Waals surface area contributed by atoms with Crippen molar-refractivity contribution in [2.24, 2.45) is 0 Å². The summed E-state index contributed by atoms with van der Waals surface area (Å²) in [5.74, 6) is -0.729. The molecule has 0 aliphatic rings. The maximum Gasteiger partial charge on any atom is 0.264 e. The molecule has 0 heterocycles. The highest BCUT2D eigenvalue weighted by Gasteiger charge is 2.22. The molecule has 2 amide bonds. The molecule has 4 rings (SSSR count). The minimum absolute atomic E-state index is 0.184. The Morgan fingerprint density at radius 3 is 2.03 bits per heavy atom. The molecule has 4 aromatic rings. The first-order chi connectivity index (χ1) is 18.2. The van der Waals surface area contributed by atoms with Crippen LogP contribution in [0.3, 0.4) is 0 Å². The van der Waals surface area contributed by atoms with Crippen LogP contribution in [0.2, 0.25) is 0 Å². The van der Waals surface area contributed by atoms with Crippen LogP contribution in [0.25, 0.3) is 0 Å². The van der Waals surface area contributed by atoms with Gasteiger partial charge in [-0.05, 0) is 67.9 Å². The molecule has 0 aliphatic carbocycles. The molecule has 38 heavy (non-hydrogen) atoms. The number of nitrogens with one attached hydrogen (secondary N) is 2. The second kappa shape index (κ2) is 11.3. The molecule has 0 fully saturated rings. The molecule has 0 saturated heterocycles. The zero-order chi connectivity index (χ0) is 27.3. The number of benzene rings is 4. The van der Waals surface area contributed by atoms with Gasteiger partial charge in [0.05, 0.1) is 27.9 Å². The van der Waals surface area contributed by atoms with Gasteiger partial charge in [0.15, 0.2) is 0 Å². The number of sulfonamides is 1. The van der Waals surface area contributed by atoms with Crippen LogP contribution in [-0.4, -0.2) is 27.3 Å². The Labute approximate surface area is 223 Å². The van der Waals surface area contributed by atoms with E-state index in [1.807, 2.05) is 44.2 Å². The monoisotopic (exact) mass is 527 g/mol. The van der Waals surface area contributed by atoms with Gasteiger partial charge in [-0.15, -0.1) is 0 Å². The third-order valence-electron chi connectivity index (χ3n) is 6.24. The lowest BCUT2D eigenvalue weighted by Gasteiger charge is -2.20. The Hall–Kier alpha value is -4.43. The number of hydrogen-bond acceptors (Lipinski definition) is 4. The van der Waals surface area contributed by atoms with E-state index >= 15 is 0 Å². The van der Waals surface area contributed by atoms with E-state index in [1.54, 1.807) is 72.8 Å². The Bertz CT molecular complexity index is 1530. The van der Waals surface area contributed by atoms with E-state index < -0.39 is 15.9 Å². The lowest BCUT2D eigenvalue weighted by Crippen LogP contribution is -2.28. The highest BCUT2D eigenvalue weighted by atomic mass is 32.2. The summed E-state index contributed by atoms with van der Waals surface area (Å²) < 4.78 is 27.1. The van der Waals surface area contributed by atoms with E-state index in [0.29, 0.717) is 22.5 Å². The molecule has 4 aromatic carbocycles. The Balaban J connectivity index is 1.47. The van der Waals surface area contributed by atoms with E-state index in [-0.39, 0.29) is 16.8 Å². The molecular weight excluding hydrogens is 498 g/mol. The standard InChI is InChI=1S/C30H29N3O4S/c1-21-13-19-26(20-14-21)38(36,37)33(3)25-17-15-24(16-18-25)29(34)32-28-12-8-7-11-27(28)30(35)31-22(2)23-9-5-4-6-10-23/h4-20,22H,1-3H3,(H,31,35)(H,32,34). The normalized spacial score (nSPS) is 11.9. The fourth-order valence-electron chi connectivity index (χ4n) is 3.91. The number of anilines is 2. The number of amides is 2. The van der Waals surface area contributed by atoms with E-state index in [2.05, 4.69) is 10.6 Å². The maximum atomic E-state index is 13.0. The van der Waals surface area contributed by atoms with Crippen molar-refractivity contribution in [2.45, 2.75) is 24.8 Å². The van der Waals surface area contributed by atoms with Gasteiger partial charge in [-0.1, -0.05) is 60.2 Å². The summed E-state index contributed by atoms with van der Waals surface area (Å²) >= 11 is 0. The van der Waals surface area contributed by atoms with Crippen LogP contribution < -0.4 is 14.9 Å². The van der Waals surface area contributed by atoms with Crippen molar-refractivity contribution in [3.63, 3.8) is 0 Å². The molecule has 0 aromatic heterocycles. The van der Waals surface area contributed by atoms with Crippen LogP contribution in [0.15, 0.2) is 108 Å². The Kier molecular flexibility index (Phi) is 7.93. The first-order valence-corrected chi connectivity index (χ1v) is 13.5. The highest BCUT2D eigenvalue weighted by Crippen LogP contribution is 2.24. The van der Waals surface area contributed by atoms with Crippen molar-refractivity contribution >= 4 is 33.2 Å². The molecule has 0 spiro atoms. The minimum atomic E-state index is -3.75. The summed E-state index contributed by atoms with van der Waals surface area (Å²) in [6.07, 6.45) is 0. The lowest BCUT2D eigenvalue weighted by molar-refractivity contribution is 0.0940. The van der Waals surface area contributed by atoms with Crippen LogP contribution in [0, 0.1) is 6.92 Å². The molecule has 2 N–H and O–H groups in total. The number of hydrogen-bond donors (Lipinski definition) is 2. The van der Waals surface area contributed by atoms with E-state index in [9.17, 15) is 18.0 Å². The smallest absolute Gasteiger partial charge is 0.264 e. The van der Waals surface area contributed by atoms with Gasteiger partial charge in [-0.3, -0.25) is 13.9 Å². The van der Waals surface area contributed by atoms with Gasteiger partial charge in [0.25, 0.3) is 21.8 Å². The maximum absolute atomic E-state index is 13.0. The van der Waals surface area contributed by atoms with Crippen LogP contribution in [0.4, 0.5) is 11.4 Å². The van der Waals surface area contributed by atoms with Crippen LogP contribution in [0.1, 0.15) is 44.8 Å². The van der Waals surface area contributed by atoms with Gasteiger partial charge >= 0.3 is 0 Å². The predicted molar refractivity (Wildman–Crippen MR) is 150 cm³/mol. The zero-order valence-corrected chi connectivity index (χ0v) is 22.2. The molecule has 0 aliphatic heterocycles. The molecule has 0 bridgehead atoms. The third-order valence-corrected chi connectivity index (χ3v) is 8.04. The van der Waals surface area contributed by atoms with Gasteiger partial charge in [0, 0.05) is 12.6 Å². The first-order valence-electron chi connectivity index (χ1n) is 12.1. The lowest BCUT2D eigenvalue weighted by atomic mass is 10.1. The van der Waals surface area contributed by atoms with Gasteiger partial charge in [-0.2, -0.15) is 0 Å². The number of rotatable bonds is 8. The number of carbonyl (C=O) groups excluding carboxylic acids is 2. The minimum Gasteiger partial charge on any atom is -0.345 e. The van der Waals surface area contributed by atoms with E-state index in [0.717, 1.165) is 11.1 Å². The fourth-order valence-corrected chi connectivity index (χ4v) is 5.11. The summed E-state index contributed by atoms with van der Waals surface area (Å²) in [5, 5.41) is 5.76. The van der Waals surface area contributed by atoms with Crippen molar-refractivity contribution < 1.29 is 18.0 Å². The predicted octanol–water partition coefficient (Wildman–Crippen LogP) is 5.56. The fraction of sp³-hybridized carbons (Fsp3) is 0.133. The van der Waals surface area contributed by atoms with Crippen molar-refractivity contribution in [3.8, 4) is 0 Å². The van der Waals surface area contributed by atoms with Gasteiger partial charge in [-0.25, -0.2) is 8.42 Å². The molecule has 0 saturated carbocycles. The van der Waals surface area contributed by atoms with Gasteiger partial charge < -0.3 is 10.6 Å². The summed E-state index contributed by atoms with van der Waals surface area (Å²) in [6, 6.07) is 29.0. The molecule has 7 nitrogen and oxygen atoms in total. The summed E-state index contributed by atoms with van der Waals surface area (Å²) in [7, 11) is -2.28. The van der Waals surface area contributed by atoms with Gasteiger partial charge in [0.1, 0.15) is 0 Å². The third kappa shape index (κ3) is 5.92. The second-order valence-electron chi connectivity index (χ2n) is 8.94. The van der Waals surface area contributed by atoms with Gasteiger partial charge in [0.2, 0.25) is 0 Å². The average Bonchev–Trinajstić information content (AvgIpc) is 2.93. The molecular formula is C30H29N3O4S. The number of para-hydroxylation sites is 1. The number of aryl methyl sites for hydroxylation is 1. The van der Waals surface area contributed by atoms with E-state index in [1.165, 1.54) is 11.4 Å². The number of carbonyl (C=O) groups is 2. The largest absolute Gasteiger partial charge is 0.345 e. The van der Waals surface area contributed by atoms with Crippen molar-refractivity contribution in [2.75, 3.05) is 16.7 Å². The van der Waals surface area contributed by atoms with Crippen molar-refractivity contribution in [3.05, 3.63) is 125 Å². The Morgan fingerprint density at radius 2 is 1.37 bits per heavy atom. The van der Waals surface area contributed by atoms with Crippen LogP contribution in [-0.2, 0) is 10.0 Å². The molecule has 194 valence electrons. The topological polar surface area (TPSA) is 95.6 Å². The SMILES string of the molecule is Cc1ccc(S(=O)(=O)N(C)c2ccc(C(=O)Nc3ccccc3C(=O)NC(C)c3ccccc3)cc2)cc1. The molecule has 1 atom stereocenters. The number of nitrogens with zero attached hydrogens (tertiary/aromatic N) is 1. The molecule has 1 unspecified atom stereocenters. The first kappa shape index (κ1) is 26.6. The highest BCUT2D eigenvalue weighted by molar-refractivity contribution is 7.92. The van der Waals surface area contributed by atoms with E-state index in [4.69, 9.17) is 0 Å². The second-order valence-corrected chi connectivity index (χ2v) is 10.9. The average molecular weight is 528 g/mol. The molecule has 0 radical (unpaired) electrons. The van der Waals surface area contributed by atoms with Crippen molar-refractivity contribution in [1.29, 1.82) is 0 Å². The van der Waals surface area contributed by atoms with Crippen LogP contribution in [0.5, 0.6) is 0 Å². The zero-order valence-electron chi connectivity index (χ0n) is 21.4. The Morgan fingerprint density at radius 1 is 0.763 bits per heavy atom. The molecule has 8 heteroatoms. The van der Waals surface area contributed by atoms with Crippen molar-refractivity contribution in [1.82, 2.24) is 5.32 Å². The quantitative estimate of drug-likeness (QED) is 0.313. The summed E-state index contributed by atoms with van der Waals surface area (Å²) in [6.45, 7) is 3.78. The summed E-state index contributed by atoms with van der Waals surface area (Å²) in [4.78, 5) is 26.2.